The van der Waals surface area contributed by atoms with Gasteiger partial charge in [0.1, 0.15) is 5.54 Å². The Morgan fingerprint density at radius 3 is 2.57 bits per heavy atom. The Labute approximate surface area is 128 Å². The molecule has 0 aromatic rings. The Morgan fingerprint density at radius 1 is 1.24 bits per heavy atom. The normalized spacial score (nSPS) is 40.2. The Bertz CT molecular complexity index is 417. The molecule has 2 saturated carbocycles. The van der Waals surface area contributed by atoms with E-state index in [1.165, 1.54) is 32.1 Å². The molecule has 3 N–H and O–H groups in total. The molecule has 4 unspecified atom stereocenters. The Morgan fingerprint density at radius 2 is 1.90 bits per heavy atom. The Kier molecular flexibility index (Phi) is 3.81. The first kappa shape index (κ1) is 15.3. The second-order valence-electron chi connectivity index (χ2n) is 7.94. The highest BCUT2D eigenvalue weighted by Gasteiger charge is 2.71. The third kappa shape index (κ3) is 2.14. The van der Waals surface area contributed by atoms with E-state index in [4.69, 9.17) is 10.5 Å². The summed E-state index contributed by atoms with van der Waals surface area (Å²) in [5.41, 5.74) is 5.56. The molecule has 1 amide bonds. The van der Waals surface area contributed by atoms with Crippen molar-refractivity contribution in [2.24, 2.45) is 23.0 Å². The molecule has 1 saturated heterocycles. The predicted molar refractivity (Wildman–Crippen MR) is 82.7 cm³/mol. The second kappa shape index (κ2) is 5.24. The van der Waals surface area contributed by atoms with Crippen LogP contribution in [0.15, 0.2) is 0 Å². The van der Waals surface area contributed by atoms with Crippen LogP contribution in [-0.2, 0) is 9.53 Å². The summed E-state index contributed by atoms with van der Waals surface area (Å²) in [6.45, 7) is 7.03. The van der Waals surface area contributed by atoms with Crippen molar-refractivity contribution in [3.05, 3.63) is 0 Å². The lowest BCUT2D eigenvalue weighted by atomic mass is 9.48. The minimum absolute atomic E-state index is 0.0392. The van der Waals surface area contributed by atoms with Crippen molar-refractivity contribution in [1.82, 2.24) is 5.32 Å². The molecule has 0 aromatic carbocycles. The summed E-state index contributed by atoms with van der Waals surface area (Å²) in [5, 5.41) is 3.24. The molecular formula is C17H30N2O2. The van der Waals surface area contributed by atoms with Gasteiger partial charge >= 0.3 is 0 Å². The molecule has 3 rings (SSSR count). The third-order valence-electron chi connectivity index (χ3n) is 6.55. The van der Waals surface area contributed by atoms with Gasteiger partial charge in [-0.2, -0.15) is 0 Å². The van der Waals surface area contributed by atoms with Crippen molar-refractivity contribution in [2.45, 2.75) is 77.0 Å². The third-order valence-corrected chi connectivity index (χ3v) is 6.55. The molecule has 0 bridgehead atoms. The van der Waals surface area contributed by atoms with Crippen LogP contribution in [0.1, 0.15) is 59.3 Å². The van der Waals surface area contributed by atoms with Gasteiger partial charge in [0, 0.05) is 24.0 Å². The maximum atomic E-state index is 12.9. The van der Waals surface area contributed by atoms with Crippen molar-refractivity contribution in [3.8, 4) is 0 Å². The number of hydrogen-bond donors (Lipinski definition) is 2. The summed E-state index contributed by atoms with van der Waals surface area (Å²) in [5.74, 6) is 0.841. The van der Waals surface area contributed by atoms with Gasteiger partial charge in [-0.25, -0.2) is 0 Å². The van der Waals surface area contributed by atoms with Gasteiger partial charge in [-0.15, -0.1) is 0 Å². The molecule has 21 heavy (non-hydrogen) atoms. The van der Waals surface area contributed by atoms with E-state index in [0.29, 0.717) is 5.92 Å². The summed E-state index contributed by atoms with van der Waals surface area (Å²) >= 11 is 0. The summed E-state index contributed by atoms with van der Waals surface area (Å²) in [4.78, 5) is 12.9. The molecule has 2 aliphatic carbocycles. The number of amides is 1. The van der Waals surface area contributed by atoms with E-state index >= 15 is 0 Å². The van der Waals surface area contributed by atoms with E-state index < -0.39 is 5.54 Å². The van der Waals surface area contributed by atoms with Gasteiger partial charge in [-0.3, -0.25) is 4.79 Å². The first-order valence-corrected chi connectivity index (χ1v) is 8.60. The van der Waals surface area contributed by atoms with Crippen molar-refractivity contribution >= 4 is 5.91 Å². The lowest BCUT2D eigenvalue weighted by Crippen LogP contribution is -2.80. The number of hydrogen-bond acceptors (Lipinski definition) is 3. The van der Waals surface area contributed by atoms with Gasteiger partial charge in [0.05, 0.1) is 6.10 Å². The number of nitrogens with two attached hydrogens (primary N) is 1. The topological polar surface area (TPSA) is 64.4 Å². The molecule has 0 spiro atoms. The van der Waals surface area contributed by atoms with E-state index in [9.17, 15) is 4.79 Å². The van der Waals surface area contributed by atoms with E-state index in [2.05, 4.69) is 26.1 Å². The van der Waals surface area contributed by atoms with Crippen LogP contribution in [0.25, 0.3) is 0 Å². The van der Waals surface area contributed by atoms with E-state index in [0.717, 1.165) is 13.0 Å². The molecule has 1 aliphatic heterocycles. The number of rotatable bonds is 3. The van der Waals surface area contributed by atoms with Crippen LogP contribution < -0.4 is 11.1 Å². The largest absolute Gasteiger partial charge is 0.377 e. The molecule has 3 aliphatic rings. The number of nitrogens with one attached hydrogen (secondary N) is 1. The molecule has 4 heteroatoms. The zero-order valence-corrected chi connectivity index (χ0v) is 13.7. The van der Waals surface area contributed by atoms with Gasteiger partial charge in [-0.05, 0) is 32.1 Å². The Hall–Kier alpha value is -0.610. The number of fused-ring (bicyclic) bond motifs is 1. The highest BCUT2D eigenvalue weighted by molar-refractivity contribution is 5.89. The van der Waals surface area contributed by atoms with Crippen LogP contribution in [0.5, 0.6) is 0 Å². The van der Waals surface area contributed by atoms with Crippen LogP contribution in [0, 0.1) is 17.3 Å². The van der Waals surface area contributed by atoms with Gasteiger partial charge in [0.25, 0.3) is 0 Å². The first-order valence-electron chi connectivity index (χ1n) is 8.60. The van der Waals surface area contributed by atoms with E-state index in [-0.39, 0.29) is 29.4 Å². The quantitative estimate of drug-likeness (QED) is 0.839. The zero-order valence-electron chi connectivity index (χ0n) is 13.7. The SMILES string of the molecule is CC(NC(=O)C1(N)C2CCOC2C1(C)C)C1CCCCC1. The number of ether oxygens (including phenoxy) is 1. The van der Waals surface area contributed by atoms with Crippen LogP contribution in [0.3, 0.4) is 0 Å². The van der Waals surface area contributed by atoms with Gasteiger partial charge in [0.2, 0.25) is 5.91 Å². The monoisotopic (exact) mass is 294 g/mol. The molecular weight excluding hydrogens is 264 g/mol. The highest BCUT2D eigenvalue weighted by atomic mass is 16.5. The van der Waals surface area contributed by atoms with Crippen molar-refractivity contribution < 1.29 is 9.53 Å². The Balaban J connectivity index is 1.67. The van der Waals surface area contributed by atoms with Crippen molar-refractivity contribution in [1.29, 1.82) is 0 Å². The molecule has 120 valence electrons. The number of carbonyl (C=O) groups excluding carboxylic acids is 1. The molecule has 0 radical (unpaired) electrons. The second-order valence-corrected chi connectivity index (χ2v) is 7.94. The van der Waals surface area contributed by atoms with Gasteiger partial charge in [0.15, 0.2) is 0 Å². The average Bonchev–Trinajstić information content (AvgIpc) is 2.95. The minimum atomic E-state index is -0.767. The maximum absolute atomic E-state index is 12.9. The molecule has 3 fully saturated rings. The van der Waals surface area contributed by atoms with Crippen LogP contribution in [0.2, 0.25) is 0 Å². The fourth-order valence-corrected chi connectivity index (χ4v) is 4.92. The van der Waals surface area contributed by atoms with Gasteiger partial charge in [-0.1, -0.05) is 33.1 Å². The molecule has 4 atom stereocenters. The summed E-state index contributed by atoms with van der Waals surface area (Å²) in [6.07, 6.45) is 7.46. The molecule has 4 nitrogen and oxygen atoms in total. The van der Waals surface area contributed by atoms with Crippen molar-refractivity contribution in [2.75, 3.05) is 6.61 Å². The average molecular weight is 294 g/mol. The predicted octanol–water partition coefficient (Wildman–Crippen LogP) is 2.21. The summed E-state index contributed by atoms with van der Waals surface area (Å²) in [6, 6.07) is 0.232. The molecule has 1 heterocycles. The zero-order chi connectivity index (χ0) is 15.3. The summed E-state index contributed by atoms with van der Waals surface area (Å²) < 4.78 is 5.77. The van der Waals surface area contributed by atoms with Crippen LogP contribution in [-0.4, -0.2) is 30.2 Å². The molecule has 0 aromatic heterocycles. The fraction of sp³-hybridized carbons (Fsp3) is 0.941. The summed E-state index contributed by atoms with van der Waals surface area (Å²) in [7, 11) is 0. The highest BCUT2D eigenvalue weighted by Crippen LogP contribution is 2.58. The number of carbonyl (C=O) groups is 1. The lowest BCUT2D eigenvalue weighted by Gasteiger charge is -2.61. The standard InChI is InChI=1S/C17H30N2O2/c1-11(12-7-5-4-6-8-12)19-15(20)17(18)13-9-10-21-14(13)16(17,2)3/h11-14H,4-10,18H2,1-3H3,(H,19,20). The smallest absolute Gasteiger partial charge is 0.241 e. The lowest BCUT2D eigenvalue weighted by molar-refractivity contribution is -0.176. The first-order chi connectivity index (χ1) is 9.89. The van der Waals surface area contributed by atoms with Crippen LogP contribution >= 0.6 is 0 Å². The van der Waals surface area contributed by atoms with Crippen LogP contribution in [0.4, 0.5) is 0 Å². The minimum Gasteiger partial charge on any atom is -0.377 e. The fourth-order valence-electron chi connectivity index (χ4n) is 4.92. The maximum Gasteiger partial charge on any atom is 0.241 e. The van der Waals surface area contributed by atoms with Crippen molar-refractivity contribution in [3.63, 3.8) is 0 Å². The van der Waals surface area contributed by atoms with E-state index in [1.54, 1.807) is 0 Å². The van der Waals surface area contributed by atoms with E-state index in [1.807, 2.05) is 0 Å². The van der Waals surface area contributed by atoms with Gasteiger partial charge < -0.3 is 15.8 Å².